The molecule has 0 aliphatic heterocycles. The maximum Gasteiger partial charge on any atom is 0.408 e. The van der Waals surface area contributed by atoms with E-state index in [-0.39, 0.29) is 6.61 Å². The van der Waals surface area contributed by atoms with Gasteiger partial charge < -0.3 is 19.9 Å². The van der Waals surface area contributed by atoms with Gasteiger partial charge in [0.15, 0.2) is 6.04 Å². The van der Waals surface area contributed by atoms with Gasteiger partial charge in [-0.2, -0.15) is 0 Å². The molecule has 1 aromatic rings. The Kier molecular flexibility index (Phi) is 6.17. The Labute approximate surface area is 124 Å². The van der Waals surface area contributed by atoms with Crippen molar-refractivity contribution in [3.63, 3.8) is 0 Å². The topological polar surface area (TPSA) is 84.9 Å². The number of nitrogens with one attached hydrogen (secondary N) is 1. The summed E-state index contributed by atoms with van der Waals surface area (Å²) in [7, 11) is 0. The van der Waals surface area contributed by atoms with Crippen molar-refractivity contribution in [2.45, 2.75) is 39.0 Å². The molecule has 1 atom stereocenters. The summed E-state index contributed by atoms with van der Waals surface area (Å²) in [6.07, 6.45) is -0.779. The monoisotopic (exact) mass is 295 g/mol. The van der Waals surface area contributed by atoms with Crippen LogP contribution in [0.4, 0.5) is 4.79 Å². The van der Waals surface area contributed by atoms with Crippen LogP contribution < -0.4 is 5.32 Å². The molecule has 0 bridgehead atoms. The van der Waals surface area contributed by atoms with Gasteiger partial charge in [-0.3, -0.25) is 0 Å². The van der Waals surface area contributed by atoms with Gasteiger partial charge in [0.05, 0.1) is 6.61 Å². The van der Waals surface area contributed by atoms with Crippen molar-refractivity contribution in [2.75, 3.05) is 6.61 Å². The minimum Gasteiger partial charge on any atom is -0.459 e. The van der Waals surface area contributed by atoms with Gasteiger partial charge in [-0.15, -0.1) is 0 Å². The van der Waals surface area contributed by atoms with Gasteiger partial charge in [-0.05, 0) is 26.3 Å². The fraction of sp³-hybridized carbons (Fsp3) is 0.467. The average molecular weight is 295 g/mol. The van der Waals surface area contributed by atoms with Crippen LogP contribution in [0.15, 0.2) is 30.3 Å². The van der Waals surface area contributed by atoms with Crippen LogP contribution in [0.2, 0.25) is 0 Å². The maximum atomic E-state index is 11.8. The first-order valence-electron chi connectivity index (χ1n) is 6.63. The summed E-state index contributed by atoms with van der Waals surface area (Å²) < 4.78 is 10.1. The highest BCUT2D eigenvalue weighted by atomic mass is 16.6. The Bertz CT molecular complexity index is 467. The molecule has 21 heavy (non-hydrogen) atoms. The van der Waals surface area contributed by atoms with Crippen LogP contribution in [0.25, 0.3) is 0 Å². The van der Waals surface area contributed by atoms with Gasteiger partial charge in [0, 0.05) is 0 Å². The fourth-order valence-electron chi connectivity index (χ4n) is 1.46. The quantitative estimate of drug-likeness (QED) is 0.806. The van der Waals surface area contributed by atoms with Crippen LogP contribution in [0.1, 0.15) is 26.3 Å². The third kappa shape index (κ3) is 6.76. The molecular formula is C15H21NO5. The zero-order valence-corrected chi connectivity index (χ0v) is 12.5. The summed E-state index contributed by atoms with van der Waals surface area (Å²) in [5.74, 6) is -0.716. The normalized spacial score (nSPS) is 12.4. The van der Waals surface area contributed by atoms with E-state index in [0.29, 0.717) is 0 Å². The van der Waals surface area contributed by atoms with Crippen LogP contribution in [0.5, 0.6) is 0 Å². The number of rotatable bonds is 5. The summed E-state index contributed by atoms with van der Waals surface area (Å²) in [6, 6.07) is 7.97. The van der Waals surface area contributed by atoms with Crippen molar-refractivity contribution < 1.29 is 24.2 Å². The van der Waals surface area contributed by atoms with Crippen molar-refractivity contribution in [3.8, 4) is 0 Å². The molecule has 0 aliphatic rings. The van der Waals surface area contributed by atoms with Gasteiger partial charge in [0.2, 0.25) is 0 Å². The number of alkyl carbamates (subject to hydrolysis) is 1. The molecule has 0 radical (unpaired) electrons. The zero-order valence-electron chi connectivity index (χ0n) is 12.5. The highest BCUT2D eigenvalue weighted by Gasteiger charge is 2.24. The van der Waals surface area contributed by atoms with Gasteiger partial charge in [0.1, 0.15) is 12.2 Å². The summed E-state index contributed by atoms with van der Waals surface area (Å²) in [6.45, 7) is 4.62. The lowest BCUT2D eigenvalue weighted by atomic mass is 10.2. The van der Waals surface area contributed by atoms with E-state index >= 15 is 0 Å². The summed E-state index contributed by atoms with van der Waals surface area (Å²) >= 11 is 0. The minimum absolute atomic E-state index is 0.0756. The number of carbonyl (C=O) groups excluding carboxylic acids is 2. The molecule has 6 heteroatoms. The van der Waals surface area contributed by atoms with Gasteiger partial charge >= 0.3 is 12.1 Å². The highest BCUT2D eigenvalue weighted by Crippen LogP contribution is 2.07. The highest BCUT2D eigenvalue weighted by molar-refractivity contribution is 5.81. The lowest BCUT2D eigenvalue weighted by molar-refractivity contribution is -0.148. The number of esters is 1. The van der Waals surface area contributed by atoms with Crippen LogP contribution in [-0.4, -0.2) is 35.4 Å². The Morgan fingerprint density at radius 1 is 1.24 bits per heavy atom. The van der Waals surface area contributed by atoms with E-state index in [1.807, 2.05) is 30.3 Å². The lowest BCUT2D eigenvalue weighted by Gasteiger charge is -2.22. The maximum absolute atomic E-state index is 11.8. The third-order valence-corrected chi connectivity index (χ3v) is 2.38. The molecule has 2 N–H and O–H groups in total. The molecule has 6 nitrogen and oxygen atoms in total. The number of ether oxygens (including phenoxy) is 2. The van der Waals surface area contributed by atoms with E-state index in [4.69, 9.17) is 14.6 Å². The van der Waals surface area contributed by atoms with Crippen LogP contribution in [-0.2, 0) is 20.9 Å². The summed E-state index contributed by atoms with van der Waals surface area (Å²) in [5, 5.41) is 11.4. The molecule has 1 rings (SSSR count). The predicted molar refractivity (Wildman–Crippen MR) is 76.5 cm³/mol. The number of aliphatic hydroxyl groups is 1. The first-order chi connectivity index (χ1) is 9.81. The summed E-state index contributed by atoms with van der Waals surface area (Å²) in [4.78, 5) is 23.4. The molecule has 1 amide bonds. The molecule has 0 spiro atoms. The molecule has 0 saturated carbocycles. The van der Waals surface area contributed by atoms with E-state index < -0.39 is 30.3 Å². The summed E-state index contributed by atoms with van der Waals surface area (Å²) in [5.41, 5.74) is 0.137. The second kappa shape index (κ2) is 7.64. The number of hydrogen-bond donors (Lipinski definition) is 2. The molecule has 0 saturated heterocycles. The molecule has 116 valence electrons. The van der Waals surface area contributed by atoms with Crippen LogP contribution >= 0.6 is 0 Å². The third-order valence-electron chi connectivity index (χ3n) is 2.38. The van der Waals surface area contributed by atoms with Crippen molar-refractivity contribution >= 4 is 12.1 Å². The molecule has 0 fully saturated rings. The predicted octanol–water partition coefficient (Wildman–Crippen LogP) is 1.62. The number of carbonyl (C=O) groups is 2. The Balaban J connectivity index is 2.48. The van der Waals surface area contributed by atoms with E-state index in [0.717, 1.165) is 5.56 Å². The SMILES string of the molecule is CC(C)(C)OC(=O)NC(CO)C(=O)OCc1ccccc1. The minimum atomic E-state index is -1.15. The Hall–Kier alpha value is -2.08. The molecule has 0 aliphatic carbocycles. The molecule has 1 aromatic carbocycles. The molecular weight excluding hydrogens is 274 g/mol. The fourth-order valence-corrected chi connectivity index (χ4v) is 1.46. The first kappa shape index (κ1) is 17.0. The largest absolute Gasteiger partial charge is 0.459 e. The standard InChI is InChI=1S/C15H21NO5/c1-15(2,3)21-14(19)16-12(9-17)13(18)20-10-11-7-5-4-6-8-11/h4-8,12,17H,9-10H2,1-3H3,(H,16,19). The van der Waals surface area contributed by atoms with E-state index in [1.165, 1.54) is 0 Å². The molecule has 0 aromatic heterocycles. The second-order valence-corrected chi connectivity index (χ2v) is 5.47. The van der Waals surface area contributed by atoms with E-state index in [2.05, 4.69) is 5.32 Å². The van der Waals surface area contributed by atoms with Gasteiger partial charge in [-0.25, -0.2) is 9.59 Å². The van der Waals surface area contributed by atoms with Gasteiger partial charge in [0.25, 0.3) is 0 Å². The average Bonchev–Trinajstić information content (AvgIpc) is 2.41. The molecule has 1 unspecified atom stereocenters. The van der Waals surface area contributed by atoms with Crippen LogP contribution in [0, 0.1) is 0 Å². The number of amides is 1. The van der Waals surface area contributed by atoms with Crippen molar-refractivity contribution in [1.82, 2.24) is 5.32 Å². The first-order valence-corrected chi connectivity index (χ1v) is 6.63. The Morgan fingerprint density at radius 2 is 1.86 bits per heavy atom. The lowest BCUT2D eigenvalue weighted by Crippen LogP contribution is -2.46. The Morgan fingerprint density at radius 3 is 2.38 bits per heavy atom. The zero-order chi connectivity index (χ0) is 15.9. The van der Waals surface area contributed by atoms with Gasteiger partial charge in [-0.1, -0.05) is 30.3 Å². The number of aliphatic hydroxyl groups excluding tert-OH is 1. The second-order valence-electron chi connectivity index (χ2n) is 5.47. The smallest absolute Gasteiger partial charge is 0.408 e. The number of benzene rings is 1. The number of hydrogen-bond acceptors (Lipinski definition) is 5. The van der Waals surface area contributed by atoms with Crippen LogP contribution in [0.3, 0.4) is 0 Å². The van der Waals surface area contributed by atoms with E-state index in [1.54, 1.807) is 20.8 Å². The van der Waals surface area contributed by atoms with E-state index in [9.17, 15) is 9.59 Å². The molecule has 0 heterocycles. The van der Waals surface area contributed by atoms with Crippen molar-refractivity contribution in [2.24, 2.45) is 0 Å². The van der Waals surface area contributed by atoms with Crippen molar-refractivity contribution in [1.29, 1.82) is 0 Å². The van der Waals surface area contributed by atoms with Crippen molar-refractivity contribution in [3.05, 3.63) is 35.9 Å².